The van der Waals surface area contributed by atoms with Gasteiger partial charge >= 0.3 is 0 Å². The molecular weight excluding hydrogens is 685 g/mol. The molecule has 0 radical (unpaired) electrons. The third-order valence-electron chi connectivity index (χ3n) is 6.09. The molecule has 0 nitrogen and oxygen atoms in total. The molecule has 0 saturated heterocycles. The van der Waals surface area contributed by atoms with Crippen molar-refractivity contribution in [1.82, 2.24) is 0 Å². The molecule has 0 saturated carbocycles. The third kappa shape index (κ3) is 7.92. The van der Waals surface area contributed by atoms with Gasteiger partial charge in [-0.25, -0.2) is 0 Å². The molecule has 3 heteroatoms. The van der Waals surface area contributed by atoms with Crippen molar-refractivity contribution in [3.63, 3.8) is 0 Å². The zero-order valence-electron chi connectivity index (χ0n) is 21.6. The summed E-state index contributed by atoms with van der Waals surface area (Å²) in [5.41, 5.74) is 0. The molecule has 0 heterocycles. The van der Waals surface area contributed by atoms with Crippen molar-refractivity contribution in [2.75, 3.05) is 0 Å². The van der Waals surface area contributed by atoms with Gasteiger partial charge < -0.3 is 0 Å². The Hall–Kier alpha value is -3.18. The zero-order chi connectivity index (χ0) is 25.8. The van der Waals surface area contributed by atoms with Gasteiger partial charge in [-0.1, -0.05) is 182 Å². The van der Waals surface area contributed by atoms with Crippen molar-refractivity contribution < 1.29 is 19.8 Å². The van der Waals surface area contributed by atoms with E-state index in [9.17, 15) is 0 Å². The van der Waals surface area contributed by atoms with Crippen LogP contribution in [0.5, 0.6) is 0 Å². The number of rotatable bonds is 6. The van der Waals surface area contributed by atoms with Gasteiger partial charge in [-0.3, -0.25) is 0 Å². The van der Waals surface area contributed by atoms with Crippen LogP contribution in [-0.2, 0) is 19.8 Å². The fourth-order valence-corrected chi connectivity index (χ4v) is 8.97. The Morgan fingerprint density at radius 1 is 0.205 bits per heavy atom. The predicted molar refractivity (Wildman–Crippen MR) is 170 cm³/mol. The molecule has 0 fully saturated rings. The molecule has 6 aromatic rings. The van der Waals surface area contributed by atoms with E-state index < -0.39 is 15.8 Å². The van der Waals surface area contributed by atoms with Gasteiger partial charge in [0.1, 0.15) is 0 Å². The average molecular weight is 715 g/mol. The quantitative estimate of drug-likeness (QED) is 0.165. The molecule has 0 aromatic heterocycles. The van der Waals surface area contributed by atoms with E-state index in [1.54, 1.807) is 0 Å². The molecule has 6 rings (SSSR count). The van der Waals surface area contributed by atoms with E-state index in [0.29, 0.717) is 0 Å². The van der Waals surface area contributed by atoms with Crippen LogP contribution < -0.4 is 31.8 Å². The van der Waals surface area contributed by atoms with E-state index in [1.165, 1.54) is 31.8 Å². The summed E-state index contributed by atoms with van der Waals surface area (Å²) in [5, 5.41) is 8.39. The van der Waals surface area contributed by atoms with Crippen LogP contribution in [0.25, 0.3) is 0 Å². The smallest absolute Gasteiger partial charge is 0 e. The largest absolute Gasteiger partial charge is 0.0622 e. The summed E-state index contributed by atoms with van der Waals surface area (Å²) in [5.74, 6) is 0. The maximum Gasteiger partial charge on any atom is 0 e. The summed E-state index contributed by atoms with van der Waals surface area (Å²) in [4.78, 5) is 0. The monoisotopic (exact) mass is 716 g/mol. The standard InChI is InChI=1S/2C18H15P.Os/c2*1-4-10-16(11-5-1)19(17-12-6-2-7-13-17)18-14-8-3-9-15-18;/h2*1-15H;. The molecular formula is C36H30OsP2. The van der Waals surface area contributed by atoms with Crippen LogP contribution in [0.3, 0.4) is 0 Å². The Morgan fingerprint density at radius 2 is 0.333 bits per heavy atom. The van der Waals surface area contributed by atoms with Crippen LogP contribution in [-0.4, -0.2) is 0 Å². The molecule has 0 spiro atoms. The van der Waals surface area contributed by atoms with Gasteiger partial charge in [-0.15, -0.1) is 0 Å². The molecule has 6 aromatic carbocycles. The second-order valence-electron chi connectivity index (χ2n) is 8.68. The van der Waals surface area contributed by atoms with Crippen molar-refractivity contribution in [3.05, 3.63) is 182 Å². The van der Waals surface area contributed by atoms with Crippen LogP contribution >= 0.6 is 15.8 Å². The van der Waals surface area contributed by atoms with Crippen molar-refractivity contribution >= 4 is 47.7 Å². The maximum absolute atomic E-state index is 2.23. The van der Waals surface area contributed by atoms with E-state index in [1.807, 2.05) is 0 Å². The molecule has 192 valence electrons. The molecule has 0 bridgehead atoms. The van der Waals surface area contributed by atoms with Gasteiger partial charge in [-0.05, 0) is 47.7 Å². The van der Waals surface area contributed by atoms with Crippen LogP contribution in [0, 0.1) is 0 Å². The number of hydrogen-bond acceptors (Lipinski definition) is 0. The molecule has 0 unspecified atom stereocenters. The van der Waals surface area contributed by atoms with Crippen LogP contribution in [0.15, 0.2) is 182 Å². The second-order valence-corrected chi connectivity index (χ2v) is 13.1. The first kappa shape index (κ1) is 28.8. The minimum absolute atomic E-state index is 0. The van der Waals surface area contributed by atoms with E-state index in [0.717, 1.165) is 0 Å². The first-order valence-corrected chi connectivity index (χ1v) is 15.5. The van der Waals surface area contributed by atoms with Gasteiger partial charge in [0.05, 0.1) is 0 Å². The van der Waals surface area contributed by atoms with Crippen LogP contribution in [0.4, 0.5) is 0 Å². The van der Waals surface area contributed by atoms with Crippen molar-refractivity contribution in [1.29, 1.82) is 0 Å². The second kappa shape index (κ2) is 15.4. The molecule has 0 aliphatic carbocycles. The summed E-state index contributed by atoms with van der Waals surface area (Å²) in [6.45, 7) is 0. The maximum atomic E-state index is 2.23. The Labute approximate surface area is 248 Å². The molecule has 0 aliphatic heterocycles. The van der Waals surface area contributed by atoms with Gasteiger partial charge in [0.15, 0.2) is 0 Å². The summed E-state index contributed by atoms with van der Waals surface area (Å²) in [7, 11) is -0.892. The van der Waals surface area contributed by atoms with Crippen LogP contribution in [0.1, 0.15) is 0 Å². The molecule has 0 aliphatic rings. The summed E-state index contributed by atoms with van der Waals surface area (Å²) < 4.78 is 0. The van der Waals surface area contributed by atoms with Crippen molar-refractivity contribution in [3.8, 4) is 0 Å². The normalized spacial score (nSPS) is 10.3. The molecule has 0 amide bonds. The fraction of sp³-hybridized carbons (Fsp3) is 0. The van der Waals surface area contributed by atoms with E-state index in [2.05, 4.69) is 182 Å². The van der Waals surface area contributed by atoms with Gasteiger partial charge in [0.2, 0.25) is 0 Å². The summed E-state index contributed by atoms with van der Waals surface area (Å²) >= 11 is 0. The minimum atomic E-state index is -0.446. The zero-order valence-corrected chi connectivity index (χ0v) is 25.9. The Morgan fingerprint density at radius 3 is 0.462 bits per heavy atom. The summed E-state index contributed by atoms with van der Waals surface area (Å²) in [6, 6.07) is 64.7. The number of hydrogen-bond donors (Lipinski definition) is 0. The topological polar surface area (TPSA) is 0 Å². The van der Waals surface area contributed by atoms with Gasteiger partial charge in [-0.2, -0.15) is 0 Å². The van der Waals surface area contributed by atoms with Crippen LogP contribution in [0.2, 0.25) is 0 Å². The number of benzene rings is 6. The average Bonchev–Trinajstić information content (AvgIpc) is 3.01. The Balaban J connectivity index is 0.000000176. The predicted octanol–water partition coefficient (Wildman–Crippen LogP) is 6.89. The Bertz CT molecular complexity index is 1170. The third-order valence-corrected chi connectivity index (χ3v) is 11.0. The SMILES string of the molecule is [Os].c1ccc(P(c2ccccc2)c2ccccc2)cc1.c1ccc(P(c2ccccc2)c2ccccc2)cc1. The van der Waals surface area contributed by atoms with Gasteiger partial charge in [0, 0.05) is 19.8 Å². The van der Waals surface area contributed by atoms with E-state index in [4.69, 9.17) is 0 Å². The van der Waals surface area contributed by atoms with E-state index in [-0.39, 0.29) is 19.8 Å². The first-order valence-electron chi connectivity index (χ1n) is 12.8. The van der Waals surface area contributed by atoms with Gasteiger partial charge in [0.25, 0.3) is 0 Å². The fourth-order valence-electron chi connectivity index (χ4n) is 4.36. The van der Waals surface area contributed by atoms with E-state index >= 15 is 0 Å². The van der Waals surface area contributed by atoms with Crippen molar-refractivity contribution in [2.45, 2.75) is 0 Å². The summed E-state index contributed by atoms with van der Waals surface area (Å²) in [6.07, 6.45) is 0. The molecule has 39 heavy (non-hydrogen) atoms. The Kier molecular flexibility index (Phi) is 11.4. The molecule has 0 atom stereocenters. The van der Waals surface area contributed by atoms with Crippen molar-refractivity contribution in [2.24, 2.45) is 0 Å². The first-order chi connectivity index (χ1) is 18.9. The molecule has 0 N–H and O–H groups in total. The minimum Gasteiger partial charge on any atom is -0.0622 e.